The quantitative estimate of drug-likeness (QED) is 0.286. The van der Waals surface area contributed by atoms with Crippen molar-refractivity contribution in [1.29, 1.82) is 0 Å². The minimum atomic E-state index is 0.456. The number of rotatable bonds is 8. The van der Waals surface area contributed by atoms with Gasteiger partial charge in [0, 0.05) is 59.7 Å². The van der Waals surface area contributed by atoms with Crippen molar-refractivity contribution in [3.8, 4) is 17.2 Å². The molecule has 1 aliphatic rings. The molecule has 2 aromatic heterocycles. The minimum absolute atomic E-state index is 0.456. The van der Waals surface area contributed by atoms with E-state index in [1.54, 1.807) is 26.7 Å². The van der Waals surface area contributed by atoms with Gasteiger partial charge in [0.1, 0.15) is 5.82 Å². The predicted molar refractivity (Wildman–Crippen MR) is 152 cm³/mol. The zero-order valence-corrected chi connectivity index (χ0v) is 21.8. The fourth-order valence-electron chi connectivity index (χ4n) is 4.58. The summed E-state index contributed by atoms with van der Waals surface area (Å²) in [7, 11) is 3.23. The van der Waals surface area contributed by atoms with Crippen LogP contribution in [0.15, 0.2) is 79.4 Å². The van der Waals surface area contributed by atoms with Crippen molar-refractivity contribution < 1.29 is 14.2 Å². The Bertz CT molecular complexity index is 1550. The molecule has 0 amide bonds. The van der Waals surface area contributed by atoms with E-state index in [9.17, 15) is 0 Å². The molecule has 6 rings (SSSR count). The maximum absolute atomic E-state index is 5.55. The Morgan fingerprint density at radius 2 is 1.46 bits per heavy atom. The molecule has 5 aromatic rings. The lowest BCUT2D eigenvalue weighted by atomic mass is 10.2. The van der Waals surface area contributed by atoms with Crippen LogP contribution in [0.3, 0.4) is 0 Å². The first-order chi connectivity index (χ1) is 19.2. The molecule has 39 heavy (non-hydrogen) atoms. The van der Waals surface area contributed by atoms with Gasteiger partial charge in [0.15, 0.2) is 11.5 Å². The summed E-state index contributed by atoms with van der Waals surface area (Å²) in [6, 6.07) is 20.1. The van der Waals surface area contributed by atoms with Gasteiger partial charge in [0.2, 0.25) is 5.95 Å². The molecule has 0 spiro atoms. The first-order valence-electron chi connectivity index (χ1n) is 12.7. The second-order valence-corrected chi connectivity index (χ2v) is 9.03. The second-order valence-electron chi connectivity index (χ2n) is 9.03. The summed E-state index contributed by atoms with van der Waals surface area (Å²) in [5, 5.41) is 7.63. The van der Waals surface area contributed by atoms with Crippen LogP contribution < -0.4 is 25.0 Å². The third kappa shape index (κ3) is 5.27. The number of morpholine rings is 1. The van der Waals surface area contributed by atoms with Crippen molar-refractivity contribution in [2.24, 2.45) is 0 Å². The number of hydrogen-bond donors (Lipinski definition) is 2. The molecule has 1 saturated heterocycles. The summed E-state index contributed by atoms with van der Waals surface area (Å²) in [5.74, 6) is 2.31. The van der Waals surface area contributed by atoms with E-state index in [1.165, 1.54) is 5.69 Å². The second kappa shape index (κ2) is 10.9. The van der Waals surface area contributed by atoms with Gasteiger partial charge in [-0.05, 0) is 54.6 Å². The van der Waals surface area contributed by atoms with E-state index in [-0.39, 0.29) is 0 Å². The lowest BCUT2D eigenvalue weighted by molar-refractivity contribution is 0.122. The summed E-state index contributed by atoms with van der Waals surface area (Å²) in [6.45, 7) is 3.28. The molecule has 0 radical (unpaired) electrons. The molecular weight excluding hydrogens is 494 g/mol. The van der Waals surface area contributed by atoms with E-state index in [4.69, 9.17) is 24.2 Å². The number of methoxy groups -OCH3 is 2. The SMILES string of the molecule is COc1cc2nc(Nc3ccc(-n4ccnc4)cc3)nc(Nc3ccc(N4CCOCC4)cc3)c2cc1OC. The summed E-state index contributed by atoms with van der Waals surface area (Å²) in [5.41, 5.74) is 4.67. The smallest absolute Gasteiger partial charge is 0.229 e. The van der Waals surface area contributed by atoms with Gasteiger partial charge >= 0.3 is 0 Å². The summed E-state index contributed by atoms with van der Waals surface area (Å²) < 4.78 is 18.5. The van der Waals surface area contributed by atoms with E-state index in [0.29, 0.717) is 28.8 Å². The molecule has 0 bridgehead atoms. The molecule has 3 aromatic carbocycles. The number of imidazole rings is 1. The topological polar surface area (TPSA) is 98.6 Å². The molecule has 0 saturated carbocycles. The Kier molecular flexibility index (Phi) is 6.84. The minimum Gasteiger partial charge on any atom is -0.493 e. The van der Waals surface area contributed by atoms with Crippen LogP contribution in [-0.4, -0.2) is 60.0 Å². The van der Waals surface area contributed by atoms with Gasteiger partial charge in [-0.15, -0.1) is 0 Å². The molecule has 2 N–H and O–H groups in total. The first-order valence-corrected chi connectivity index (χ1v) is 12.7. The van der Waals surface area contributed by atoms with E-state index in [2.05, 4.69) is 44.8 Å². The van der Waals surface area contributed by atoms with Gasteiger partial charge in [-0.25, -0.2) is 9.97 Å². The monoisotopic (exact) mass is 523 g/mol. The Hall–Kier alpha value is -4.83. The van der Waals surface area contributed by atoms with Crippen LogP contribution in [0.2, 0.25) is 0 Å². The normalized spacial score (nSPS) is 13.3. The molecule has 10 heteroatoms. The van der Waals surface area contributed by atoms with Crippen molar-refractivity contribution in [3.63, 3.8) is 0 Å². The fourth-order valence-corrected chi connectivity index (χ4v) is 4.58. The van der Waals surface area contributed by atoms with Gasteiger partial charge in [-0.2, -0.15) is 4.98 Å². The molecular formula is C29H29N7O3. The molecule has 3 heterocycles. The van der Waals surface area contributed by atoms with E-state index < -0.39 is 0 Å². The van der Waals surface area contributed by atoms with Crippen LogP contribution in [0.4, 0.5) is 28.8 Å². The van der Waals surface area contributed by atoms with Crippen molar-refractivity contribution in [2.75, 3.05) is 56.1 Å². The van der Waals surface area contributed by atoms with Gasteiger partial charge in [-0.3, -0.25) is 0 Å². The number of benzene rings is 3. The number of nitrogens with zero attached hydrogens (tertiary/aromatic N) is 5. The number of anilines is 5. The van der Waals surface area contributed by atoms with Gasteiger partial charge < -0.3 is 34.3 Å². The third-order valence-electron chi connectivity index (χ3n) is 6.63. The third-order valence-corrected chi connectivity index (χ3v) is 6.63. The highest BCUT2D eigenvalue weighted by atomic mass is 16.5. The predicted octanol–water partition coefficient (Wildman–Crippen LogP) is 5.16. The van der Waals surface area contributed by atoms with Crippen molar-refractivity contribution in [3.05, 3.63) is 79.4 Å². The lowest BCUT2D eigenvalue weighted by Crippen LogP contribution is -2.36. The number of aromatic nitrogens is 4. The van der Waals surface area contributed by atoms with Crippen LogP contribution >= 0.6 is 0 Å². The highest BCUT2D eigenvalue weighted by Crippen LogP contribution is 2.36. The molecule has 0 atom stereocenters. The number of nitrogens with one attached hydrogen (secondary N) is 2. The van der Waals surface area contributed by atoms with Crippen molar-refractivity contribution >= 4 is 39.7 Å². The van der Waals surface area contributed by atoms with Crippen LogP contribution in [0, 0.1) is 0 Å². The molecule has 198 valence electrons. The lowest BCUT2D eigenvalue weighted by Gasteiger charge is -2.29. The number of hydrogen-bond acceptors (Lipinski definition) is 9. The first kappa shape index (κ1) is 24.5. The average molecular weight is 524 g/mol. The summed E-state index contributed by atoms with van der Waals surface area (Å²) in [4.78, 5) is 16.0. The molecule has 10 nitrogen and oxygen atoms in total. The maximum Gasteiger partial charge on any atom is 0.229 e. The zero-order chi connectivity index (χ0) is 26.6. The number of ether oxygens (including phenoxy) is 3. The van der Waals surface area contributed by atoms with E-state index in [0.717, 1.165) is 48.8 Å². The largest absolute Gasteiger partial charge is 0.493 e. The Morgan fingerprint density at radius 3 is 2.13 bits per heavy atom. The highest BCUT2D eigenvalue weighted by Gasteiger charge is 2.15. The Labute approximate surface area is 226 Å². The maximum atomic E-state index is 5.55. The van der Waals surface area contributed by atoms with Gasteiger partial charge in [0.05, 0.1) is 39.3 Å². The zero-order valence-electron chi connectivity index (χ0n) is 21.8. The molecule has 1 aliphatic heterocycles. The van der Waals surface area contributed by atoms with E-state index in [1.807, 2.05) is 47.2 Å². The summed E-state index contributed by atoms with van der Waals surface area (Å²) in [6.07, 6.45) is 5.42. The standard InChI is InChI=1S/C29H29N7O3/c1-37-26-17-24-25(18-27(26)38-2)33-29(32-21-5-9-23(10-6-21)36-12-11-30-19-36)34-28(24)31-20-3-7-22(8-4-20)35-13-15-39-16-14-35/h3-12,17-19H,13-16H2,1-2H3,(H2,31,32,33,34). The van der Waals surface area contributed by atoms with Gasteiger partial charge in [-0.1, -0.05) is 0 Å². The average Bonchev–Trinajstić information content (AvgIpc) is 3.53. The van der Waals surface area contributed by atoms with Gasteiger partial charge in [0.25, 0.3) is 0 Å². The van der Waals surface area contributed by atoms with Crippen molar-refractivity contribution in [1.82, 2.24) is 19.5 Å². The molecule has 1 fully saturated rings. The number of fused-ring (bicyclic) bond motifs is 1. The summed E-state index contributed by atoms with van der Waals surface area (Å²) >= 11 is 0. The fraction of sp³-hybridized carbons (Fsp3) is 0.207. The van der Waals surface area contributed by atoms with Crippen LogP contribution in [0.25, 0.3) is 16.6 Å². The van der Waals surface area contributed by atoms with Crippen molar-refractivity contribution in [2.45, 2.75) is 0 Å². The Morgan fingerprint density at radius 1 is 0.795 bits per heavy atom. The van der Waals surface area contributed by atoms with Crippen LogP contribution in [-0.2, 0) is 4.74 Å². The van der Waals surface area contributed by atoms with Crippen LogP contribution in [0.1, 0.15) is 0 Å². The van der Waals surface area contributed by atoms with E-state index >= 15 is 0 Å². The van der Waals surface area contributed by atoms with Crippen LogP contribution in [0.5, 0.6) is 11.5 Å². The highest BCUT2D eigenvalue weighted by molar-refractivity contribution is 5.94. The molecule has 0 aliphatic carbocycles. The Balaban J connectivity index is 1.32. The molecule has 0 unspecified atom stereocenters.